The van der Waals surface area contributed by atoms with E-state index < -0.39 is 29.8 Å². The molecule has 0 bridgehead atoms. The molecular formula is C25H30FN5O3. The molecule has 4 N–H and O–H groups in total. The number of aryl methyl sites for hydroxylation is 1. The number of nitrogens with one attached hydrogen (secondary N) is 2. The topological polar surface area (TPSA) is 108 Å². The van der Waals surface area contributed by atoms with Crippen LogP contribution in [-0.2, 0) is 4.79 Å². The maximum absolute atomic E-state index is 13.4. The highest BCUT2D eigenvalue weighted by molar-refractivity contribution is 6.00. The summed E-state index contributed by atoms with van der Waals surface area (Å²) in [4.78, 5) is 42.5. The Bertz CT molecular complexity index is 1040. The molecule has 34 heavy (non-hydrogen) atoms. The molecule has 2 fully saturated rings. The monoisotopic (exact) mass is 467 g/mol. The third-order valence-electron chi connectivity index (χ3n) is 6.44. The summed E-state index contributed by atoms with van der Waals surface area (Å²) >= 11 is 0. The maximum atomic E-state index is 13.4. The molecular weight excluding hydrogens is 437 g/mol. The summed E-state index contributed by atoms with van der Waals surface area (Å²) in [7, 11) is 0. The molecule has 2 aliphatic rings. The van der Waals surface area contributed by atoms with Crippen LogP contribution in [0, 0.1) is 12.7 Å². The Morgan fingerprint density at radius 3 is 2.18 bits per heavy atom. The maximum Gasteiger partial charge on any atom is 0.323 e. The van der Waals surface area contributed by atoms with Gasteiger partial charge in [0.2, 0.25) is 0 Å². The molecule has 1 aliphatic carbocycles. The fourth-order valence-corrected chi connectivity index (χ4v) is 4.47. The average Bonchev–Trinajstić information content (AvgIpc) is 3.28. The van der Waals surface area contributed by atoms with E-state index in [0.717, 1.165) is 31.2 Å². The number of anilines is 1. The van der Waals surface area contributed by atoms with Crippen LogP contribution in [0.25, 0.3) is 0 Å². The van der Waals surface area contributed by atoms with Gasteiger partial charge in [-0.05, 0) is 69.0 Å². The molecule has 180 valence electrons. The number of nitrogens with zero attached hydrogens (tertiary/aromatic N) is 2. The van der Waals surface area contributed by atoms with Gasteiger partial charge < -0.3 is 21.3 Å². The lowest BCUT2D eigenvalue weighted by atomic mass is 9.92. The molecule has 4 rings (SSSR count). The summed E-state index contributed by atoms with van der Waals surface area (Å²) in [6, 6.07) is 12.1. The molecule has 9 heteroatoms. The number of benzene rings is 2. The van der Waals surface area contributed by atoms with Crippen molar-refractivity contribution in [3.63, 3.8) is 0 Å². The van der Waals surface area contributed by atoms with Crippen molar-refractivity contribution in [3.05, 3.63) is 65.5 Å². The van der Waals surface area contributed by atoms with E-state index in [1.165, 1.54) is 34.1 Å². The summed E-state index contributed by atoms with van der Waals surface area (Å²) in [5.41, 5.74) is 7.88. The summed E-state index contributed by atoms with van der Waals surface area (Å²) < 4.78 is 13.4. The molecule has 1 aliphatic heterocycles. The number of nitrogens with two attached hydrogens (primary N) is 1. The summed E-state index contributed by atoms with van der Waals surface area (Å²) in [6.45, 7) is 2.33. The second-order valence-corrected chi connectivity index (χ2v) is 8.99. The highest BCUT2D eigenvalue weighted by Crippen LogP contribution is 2.23. The van der Waals surface area contributed by atoms with Gasteiger partial charge in [-0.25, -0.2) is 9.18 Å². The first-order valence-electron chi connectivity index (χ1n) is 11.6. The van der Waals surface area contributed by atoms with Crippen LogP contribution in [0.5, 0.6) is 0 Å². The minimum absolute atomic E-state index is 0.0577. The van der Waals surface area contributed by atoms with Crippen LogP contribution in [0.1, 0.15) is 41.6 Å². The largest absolute Gasteiger partial charge is 0.350 e. The van der Waals surface area contributed by atoms with Crippen molar-refractivity contribution < 1.29 is 18.8 Å². The average molecular weight is 468 g/mol. The van der Waals surface area contributed by atoms with Gasteiger partial charge in [-0.3, -0.25) is 14.5 Å². The normalized spacial score (nSPS) is 22.4. The van der Waals surface area contributed by atoms with Gasteiger partial charge >= 0.3 is 6.03 Å². The Morgan fingerprint density at radius 1 is 0.912 bits per heavy atom. The Hall–Kier alpha value is -3.46. The van der Waals surface area contributed by atoms with Gasteiger partial charge in [0.1, 0.15) is 5.82 Å². The van der Waals surface area contributed by atoms with E-state index in [0.29, 0.717) is 5.69 Å². The molecule has 2 aromatic carbocycles. The Kier molecular flexibility index (Phi) is 7.12. The van der Waals surface area contributed by atoms with Gasteiger partial charge in [0.15, 0.2) is 6.17 Å². The van der Waals surface area contributed by atoms with E-state index in [9.17, 15) is 18.8 Å². The van der Waals surface area contributed by atoms with E-state index in [4.69, 9.17) is 5.73 Å². The first kappa shape index (κ1) is 23.7. The zero-order valence-corrected chi connectivity index (χ0v) is 19.2. The van der Waals surface area contributed by atoms with Gasteiger partial charge in [0.05, 0.1) is 0 Å². The van der Waals surface area contributed by atoms with Crippen LogP contribution in [0.3, 0.4) is 0 Å². The fourth-order valence-electron chi connectivity index (χ4n) is 4.47. The number of urea groups is 1. The van der Waals surface area contributed by atoms with Crippen LogP contribution in [0.4, 0.5) is 14.9 Å². The number of hydrogen-bond acceptors (Lipinski definition) is 4. The lowest BCUT2D eigenvalue weighted by Gasteiger charge is -2.32. The second-order valence-electron chi connectivity index (χ2n) is 8.99. The Labute approximate surface area is 198 Å². The van der Waals surface area contributed by atoms with Crippen LogP contribution in [0.2, 0.25) is 0 Å². The van der Waals surface area contributed by atoms with Crippen LogP contribution in [0.15, 0.2) is 48.5 Å². The summed E-state index contributed by atoms with van der Waals surface area (Å²) in [6.07, 6.45) is 2.01. The first-order chi connectivity index (χ1) is 16.3. The van der Waals surface area contributed by atoms with Crippen molar-refractivity contribution in [2.24, 2.45) is 5.73 Å². The third kappa shape index (κ3) is 5.36. The molecule has 4 amide bonds. The number of rotatable bonds is 4. The molecule has 0 aromatic heterocycles. The molecule has 1 atom stereocenters. The highest BCUT2D eigenvalue weighted by atomic mass is 19.1. The van der Waals surface area contributed by atoms with E-state index in [1.54, 1.807) is 12.1 Å². The quantitative estimate of drug-likeness (QED) is 0.643. The van der Waals surface area contributed by atoms with Crippen LogP contribution >= 0.6 is 0 Å². The van der Waals surface area contributed by atoms with E-state index in [1.807, 2.05) is 19.1 Å². The van der Waals surface area contributed by atoms with E-state index in [-0.39, 0.29) is 30.7 Å². The predicted molar refractivity (Wildman–Crippen MR) is 127 cm³/mol. The molecule has 0 radical (unpaired) electrons. The Balaban J connectivity index is 1.54. The number of carbonyl (C=O) groups excluding carboxylic acids is 3. The molecule has 8 nitrogen and oxygen atoms in total. The van der Waals surface area contributed by atoms with Crippen molar-refractivity contribution >= 4 is 23.5 Å². The minimum Gasteiger partial charge on any atom is -0.350 e. The summed E-state index contributed by atoms with van der Waals surface area (Å²) in [5.74, 6) is -1.30. The zero-order chi connectivity index (χ0) is 24.2. The molecule has 1 unspecified atom stereocenters. The lowest BCUT2D eigenvalue weighted by Crippen LogP contribution is -2.56. The number of carbonyl (C=O) groups is 3. The van der Waals surface area contributed by atoms with Gasteiger partial charge in [-0.2, -0.15) is 0 Å². The van der Waals surface area contributed by atoms with Crippen molar-refractivity contribution in [1.29, 1.82) is 0 Å². The van der Waals surface area contributed by atoms with Crippen molar-refractivity contribution in [3.8, 4) is 0 Å². The third-order valence-corrected chi connectivity index (χ3v) is 6.44. The second kappa shape index (κ2) is 10.2. The van der Waals surface area contributed by atoms with E-state index >= 15 is 0 Å². The van der Waals surface area contributed by atoms with Crippen LogP contribution < -0.4 is 16.4 Å². The Morgan fingerprint density at radius 2 is 1.53 bits per heavy atom. The SMILES string of the molecule is Cc1ccc(NC(=O)N2CCN(C(=O)c3ccc(F)cc3)C2C(=O)NC2CCC(N)CC2)cc1. The highest BCUT2D eigenvalue weighted by Gasteiger charge is 2.43. The number of hydrogen-bond donors (Lipinski definition) is 3. The lowest BCUT2D eigenvalue weighted by molar-refractivity contribution is -0.128. The molecule has 1 saturated heterocycles. The first-order valence-corrected chi connectivity index (χ1v) is 11.6. The van der Waals surface area contributed by atoms with Crippen LogP contribution in [-0.4, -0.2) is 59.0 Å². The van der Waals surface area contributed by atoms with Gasteiger partial charge in [-0.15, -0.1) is 0 Å². The van der Waals surface area contributed by atoms with E-state index in [2.05, 4.69) is 10.6 Å². The van der Waals surface area contributed by atoms with Crippen molar-refractivity contribution in [1.82, 2.24) is 15.1 Å². The molecule has 2 aromatic rings. The zero-order valence-electron chi connectivity index (χ0n) is 19.2. The predicted octanol–water partition coefficient (Wildman–Crippen LogP) is 2.84. The standard InChI is InChI=1S/C25H30FN5O3/c1-16-2-10-21(11-3-16)29-25(34)31-15-14-30(24(33)17-4-6-18(26)7-5-17)23(31)22(32)28-20-12-8-19(27)9-13-20/h2-7,10-11,19-20,23H,8-9,12-15,27H2,1H3,(H,28,32)(H,29,34). The number of halogens is 1. The van der Waals surface area contributed by atoms with Crippen molar-refractivity contribution in [2.75, 3.05) is 18.4 Å². The van der Waals surface area contributed by atoms with Gasteiger partial charge in [0, 0.05) is 36.4 Å². The smallest absolute Gasteiger partial charge is 0.323 e. The van der Waals surface area contributed by atoms with Gasteiger partial charge in [-0.1, -0.05) is 17.7 Å². The minimum atomic E-state index is -1.11. The fraction of sp³-hybridized carbons (Fsp3) is 0.400. The van der Waals surface area contributed by atoms with Crippen molar-refractivity contribution in [2.45, 2.75) is 50.9 Å². The molecule has 0 spiro atoms. The number of amides is 4. The van der Waals surface area contributed by atoms with Gasteiger partial charge in [0.25, 0.3) is 11.8 Å². The molecule has 1 saturated carbocycles. The molecule has 1 heterocycles. The summed E-state index contributed by atoms with van der Waals surface area (Å²) in [5, 5.41) is 5.83.